The molecule has 0 atom stereocenters. The average Bonchev–Trinajstić information content (AvgIpc) is 2.58. The zero-order valence-corrected chi connectivity index (χ0v) is 15.0. The van der Waals surface area contributed by atoms with Crippen LogP contribution in [-0.4, -0.2) is 15.5 Å². The predicted octanol–water partition coefficient (Wildman–Crippen LogP) is 3.94. The third-order valence-corrected chi connectivity index (χ3v) is 4.36. The van der Waals surface area contributed by atoms with E-state index >= 15 is 0 Å². The smallest absolute Gasteiger partial charge is 0.272 e. The predicted molar refractivity (Wildman–Crippen MR) is 101 cm³/mol. The van der Waals surface area contributed by atoms with Crippen molar-refractivity contribution in [2.45, 2.75) is 27.3 Å². The maximum Gasteiger partial charge on any atom is 0.272 e. The first-order valence-corrected chi connectivity index (χ1v) is 8.37. The van der Waals surface area contributed by atoms with Crippen molar-refractivity contribution in [3.05, 3.63) is 68.6 Å². The van der Waals surface area contributed by atoms with Crippen molar-refractivity contribution >= 4 is 34.2 Å². The Kier molecular flexibility index (Phi) is 4.59. The molecular formula is C19H18ClN3O2. The summed E-state index contributed by atoms with van der Waals surface area (Å²) in [6.45, 7) is 6.02. The second-order valence-electron chi connectivity index (χ2n) is 5.86. The van der Waals surface area contributed by atoms with E-state index in [1.54, 1.807) is 47.9 Å². The number of nitrogens with one attached hydrogen (secondary N) is 1. The summed E-state index contributed by atoms with van der Waals surface area (Å²) < 4.78 is 1.66. The van der Waals surface area contributed by atoms with Crippen LogP contribution in [0, 0.1) is 13.8 Å². The fraction of sp³-hybridized carbons (Fsp3) is 0.211. The summed E-state index contributed by atoms with van der Waals surface area (Å²) in [6, 6.07) is 10.5. The standard InChI is InChI=1S/C19H18ClN3O2/c1-4-23-17-8-5-13(10-16(17)21-12(3)19(23)25)18(24)22-15-7-6-14(20)9-11(15)2/h5-10H,4H2,1-3H3,(H,22,24). The van der Waals surface area contributed by atoms with Crippen LogP contribution < -0.4 is 10.9 Å². The number of aryl methyl sites for hydroxylation is 3. The number of aromatic nitrogens is 2. The highest BCUT2D eigenvalue weighted by Gasteiger charge is 2.12. The van der Waals surface area contributed by atoms with Gasteiger partial charge in [-0.3, -0.25) is 9.59 Å². The van der Waals surface area contributed by atoms with Gasteiger partial charge in [-0.05, 0) is 62.7 Å². The Labute approximate surface area is 150 Å². The number of rotatable bonds is 3. The SMILES string of the molecule is CCn1c(=O)c(C)nc2cc(C(=O)Nc3ccc(Cl)cc3C)ccc21. The molecule has 0 spiro atoms. The Morgan fingerprint density at radius 1 is 1.20 bits per heavy atom. The second-order valence-corrected chi connectivity index (χ2v) is 6.30. The Morgan fingerprint density at radius 2 is 1.96 bits per heavy atom. The van der Waals surface area contributed by atoms with Crippen molar-refractivity contribution in [2.75, 3.05) is 5.32 Å². The molecule has 0 aliphatic carbocycles. The molecule has 0 aliphatic rings. The summed E-state index contributed by atoms with van der Waals surface area (Å²) in [6.07, 6.45) is 0. The molecule has 0 unspecified atom stereocenters. The van der Waals surface area contributed by atoms with Crippen LogP contribution in [0.4, 0.5) is 5.69 Å². The number of benzene rings is 2. The minimum absolute atomic E-state index is 0.107. The quantitative estimate of drug-likeness (QED) is 0.774. The van der Waals surface area contributed by atoms with Gasteiger partial charge in [-0.15, -0.1) is 0 Å². The molecule has 5 nitrogen and oxygen atoms in total. The van der Waals surface area contributed by atoms with Gasteiger partial charge in [-0.2, -0.15) is 0 Å². The van der Waals surface area contributed by atoms with Crippen molar-refractivity contribution < 1.29 is 4.79 Å². The van der Waals surface area contributed by atoms with E-state index in [4.69, 9.17) is 11.6 Å². The van der Waals surface area contributed by atoms with E-state index < -0.39 is 0 Å². The Hall–Kier alpha value is -2.66. The molecular weight excluding hydrogens is 338 g/mol. The van der Waals surface area contributed by atoms with E-state index in [1.165, 1.54) is 0 Å². The van der Waals surface area contributed by atoms with Gasteiger partial charge < -0.3 is 9.88 Å². The number of hydrogen-bond acceptors (Lipinski definition) is 3. The molecule has 2 aromatic carbocycles. The number of carbonyl (C=O) groups excluding carboxylic acids is 1. The van der Waals surface area contributed by atoms with E-state index in [0.29, 0.717) is 34.0 Å². The van der Waals surface area contributed by atoms with E-state index in [1.807, 2.05) is 13.8 Å². The fourth-order valence-electron chi connectivity index (χ4n) is 2.79. The molecule has 1 aromatic heterocycles. The van der Waals surface area contributed by atoms with E-state index in [-0.39, 0.29) is 11.5 Å². The van der Waals surface area contributed by atoms with E-state index in [0.717, 1.165) is 11.1 Å². The first kappa shape index (κ1) is 17.2. The lowest BCUT2D eigenvalue weighted by Gasteiger charge is -2.11. The summed E-state index contributed by atoms with van der Waals surface area (Å²) >= 11 is 5.94. The molecule has 3 rings (SSSR count). The van der Waals surface area contributed by atoms with Crippen molar-refractivity contribution in [3.63, 3.8) is 0 Å². The van der Waals surface area contributed by atoms with Crippen LogP contribution in [0.15, 0.2) is 41.2 Å². The number of hydrogen-bond donors (Lipinski definition) is 1. The third-order valence-electron chi connectivity index (χ3n) is 4.12. The highest BCUT2D eigenvalue weighted by atomic mass is 35.5. The minimum atomic E-state index is -0.235. The van der Waals surface area contributed by atoms with Gasteiger partial charge in [0.2, 0.25) is 0 Å². The minimum Gasteiger partial charge on any atom is -0.322 e. The molecule has 1 amide bonds. The Bertz CT molecular complexity index is 1040. The Morgan fingerprint density at radius 3 is 2.64 bits per heavy atom. The third kappa shape index (κ3) is 3.28. The zero-order chi connectivity index (χ0) is 18.1. The molecule has 1 N–H and O–H groups in total. The van der Waals surface area contributed by atoms with Gasteiger partial charge in [-0.1, -0.05) is 11.6 Å². The zero-order valence-electron chi connectivity index (χ0n) is 14.3. The van der Waals surface area contributed by atoms with Gasteiger partial charge in [0.15, 0.2) is 0 Å². The fourth-order valence-corrected chi connectivity index (χ4v) is 3.02. The number of carbonyl (C=O) groups is 1. The number of amides is 1. The molecule has 0 aliphatic heterocycles. The lowest BCUT2D eigenvalue weighted by Crippen LogP contribution is -2.23. The molecule has 1 heterocycles. The lowest BCUT2D eigenvalue weighted by atomic mass is 10.1. The van der Waals surface area contributed by atoms with E-state index in [9.17, 15) is 9.59 Å². The second kappa shape index (κ2) is 6.69. The first-order chi connectivity index (χ1) is 11.9. The van der Waals surface area contributed by atoms with Crippen molar-refractivity contribution in [1.29, 1.82) is 0 Å². The molecule has 3 aromatic rings. The molecule has 128 valence electrons. The van der Waals surface area contributed by atoms with Crippen LogP contribution in [0.1, 0.15) is 28.5 Å². The van der Waals surface area contributed by atoms with E-state index in [2.05, 4.69) is 10.3 Å². The topological polar surface area (TPSA) is 64.0 Å². The maximum absolute atomic E-state index is 12.6. The largest absolute Gasteiger partial charge is 0.322 e. The lowest BCUT2D eigenvalue weighted by molar-refractivity contribution is 0.102. The highest BCUT2D eigenvalue weighted by molar-refractivity contribution is 6.30. The van der Waals surface area contributed by atoms with Gasteiger partial charge >= 0.3 is 0 Å². The number of nitrogens with zero attached hydrogens (tertiary/aromatic N) is 2. The summed E-state index contributed by atoms with van der Waals surface area (Å²) in [7, 11) is 0. The van der Waals surface area contributed by atoms with Crippen LogP contribution in [0.5, 0.6) is 0 Å². The van der Waals surface area contributed by atoms with Gasteiger partial charge in [0.1, 0.15) is 5.69 Å². The van der Waals surface area contributed by atoms with Crippen LogP contribution in [-0.2, 0) is 6.54 Å². The Balaban J connectivity index is 2.00. The molecule has 25 heavy (non-hydrogen) atoms. The van der Waals surface area contributed by atoms with Crippen LogP contribution >= 0.6 is 11.6 Å². The van der Waals surface area contributed by atoms with Gasteiger partial charge in [0.05, 0.1) is 11.0 Å². The van der Waals surface area contributed by atoms with Crippen molar-refractivity contribution in [1.82, 2.24) is 9.55 Å². The summed E-state index contributed by atoms with van der Waals surface area (Å²) in [5.41, 5.74) is 3.73. The number of halogens is 1. The monoisotopic (exact) mass is 355 g/mol. The normalized spacial score (nSPS) is 10.9. The molecule has 0 bridgehead atoms. The van der Waals surface area contributed by atoms with Gasteiger partial charge in [0.25, 0.3) is 11.5 Å². The molecule has 6 heteroatoms. The van der Waals surface area contributed by atoms with Crippen molar-refractivity contribution in [2.24, 2.45) is 0 Å². The summed E-state index contributed by atoms with van der Waals surface area (Å²) in [5, 5.41) is 3.50. The summed E-state index contributed by atoms with van der Waals surface area (Å²) in [5.74, 6) is -0.235. The summed E-state index contributed by atoms with van der Waals surface area (Å²) in [4.78, 5) is 29.0. The van der Waals surface area contributed by atoms with Crippen LogP contribution in [0.25, 0.3) is 11.0 Å². The number of anilines is 1. The molecule has 0 radical (unpaired) electrons. The van der Waals surface area contributed by atoms with Gasteiger partial charge in [0, 0.05) is 22.8 Å². The number of fused-ring (bicyclic) bond motifs is 1. The average molecular weight is 356 g/mol. The first-order valence-electron chi connectivity index (χ1n) is 7.99. The molecule has 0 saturated carbocycles. The molecule has 0 saturated heterocycles. The highest BCUT2D eigenvalue weighted by Crippen LogP contribution is 2.21. The van der Waals surface area contributed by atoms with Gasteiger partial charge in [-0.25, -0.2) is 4.98 Å². The van der Waals surface area contributed by atoms with Crippen molar-refractivity contribution in [3.8, 4) is 0 Å². The maximum atomic E-state index is 12.6. The van der Waals surface area contributed by atoms with Crippen LogP contribution in [0.3, 0.4) is 0 Å². The molecule has 0 fully saturated rings. The van der Waals surface area contributed by atoms with Crippen LogP contribution in [0.2, 0.25) is 5.02 Å².